The van der Waals surface area contributed by atoms with E-state index >= 15 is 0 Å². The number of rotatable bonds is 9. The second kappa shape index (κ2) is 8.78. The predicted octanol–water partition coefficient (Wildman–Crippen LogP) is 5.49. The van der Waals surface area contributed by atoms with Crippen molar-refractivity contribution in [3.05, 3.63) is 11.6 Å². The van der Waals surface area contributed by atoms with Crippen LogP contribution in [0.5, 0.6) is 0 Å². The molecule has 0 amide bonds. The zero-order valence-corrected chi connectivity index (χ0v) is 15.6. The summed E-state index contributed by atoms with van der Waals surface area (Å²) in [7, 11) is -1.61. The third-order valence-electron chi connectivity index (χ3n) is 4.09. The van der Waals surface area contributed by atoms with E-state index in [4.69, 9.17) is 4.43 Å². The van der Waals surface area contributed by atoms with Crippen LogP contribution in [0.2, 0.25) is 18.1 Å². The molecule has 0 bridgehead atoms. The van der Waals surface area contributed by atoms with Crippen LogP contribution < -0.4 is 0 Å². The van der Waals surface area contributed by atoms with Crippen LogP contribution in [-0.2, 0) is 9.22 Å². The SMILES string of the molecule is CC(C)=CCCC(=O)CCCCO[Si](C)(C)C(C)(C)C. The third kappa shape index (κ3) is 8.70. The van der Waals surface area contributed by atoms with Crippen molar-refractivity contribution in [2.75, 3.05) is 6.61 Å². The molecule has 0 radical (unpaired) electrons. The Labute approximate surface area is 127 Å². The molecule has 0 aromatic carbocycles. The summed E-state index contributed by atoms with van der Waals surface area (Å²) < 4.78 is 6.11. The summed E-state index contributed by atoms with van der Waals surface area (Å²) in [5.41, 5.74) is 1.29. The zero-order chi connectivity index (χ0) is 15.8. The van der Waals surface area contributed by atoms with Crippen LogP contribution in [0, 0.1) is 0 Å². The van der Waals surface area contributed by atoms with Crippen molar-refractivity contribution in [1.29, 1.82) is 0 Å². The summed E-state index contributed by atoms with van der Waals surface area (Å²) in [5.74, 6) is 0.384. The van der Waals surface area contributed by atoms with Gasteiger partial charge in [-0.05, 0) is 51.2 Å². The highest BCUT2D eigenvalue weighted by molar-refractivity contribution is 6.74. The molecule has 0 spiro atoms. The van der Waals surface area contributed by atoms with Gasteiger partial charge in [-0.1, -0.05) is 32.4 Å². The molecule has 0 heterocycles. The minimum atomic E-state index is -1.61. The zero-order valence-electron chi connectivity index (χ0n) is 14.6. The number of carbonyl (C=O) groups excluding carboxylic acids is 1. The Balaban J connectivity index is 3.72. The van der Waals surface area contributed by atoms with E-state index in [2.05, 4.69) is 53.8 Å². The van der Waals surface area contributed by atoms with Gasteiger partial charge in [-0.15, -0.1) is 0 Å². The maximum absolute atomic E-state index is 11.7. The van der Waals surface area contributed by atoms with E-state index in [1.165, 1.54) is 5.57 Å². The molecule has 0 aliphatic rings. The fraction of sp³-hybridized carbons (Fsp3) is 0.824. The molecule has 2 nitrogen and oxygen atoms in total. The second-order valence-electron chi connectivity index (χ2n) is 7.42. The Hall–Kier alpha value is -0.413. The summed E-state index contributed by atoms with van der Waals surface area (Å²) in [6.07, 6.45) is 6.38. The molecule has 0 saturated carbocycles. The molecule has 118 valence electrons. The van der Waals surface area contributed by atoms with Gasteiger partial charge >= 0.3 is 0 Å². The lowest BCUT2D eigenvalue weighted by atomic mass is 10.1. The van der Waals surface area contributed by atoms with Gasteiger partial charge in [0.2, 0.25) is 0 Å². The molecule has 0 N–H and O–H groups in total. The van der Waals surface area contributed by atoms with Crippen molar-refractivity contribution >= 4 is 14.1 Å². The molecule has 0 saturated heterocycles. The van der Waals surface area contributed by atoms with E-state index in [1.54, 1.807) is 0 Å². The molecule has 0 aromatic rings. The summed E-state index contributed by atoms with van der Waals surface area (Å²) in [6, 6.07) is 0. The van der Waals surface area contributed by atoms with E-state index in [0.717, 1.165) is 25.9 Å². The molecule has 0 fully saturated rings. The van der Waals surface area contributed by atoms with Gasteiger partial charge in [0.05, 0.1) is 0 Å². The molecule has 0 atom stereocenters. The van der Waals surface area contributed by atoms with Gasteiger partial charge in [-0.2, -0.15) is 0 Å². The Morgan fingerprint density at radius 3 is 2.20 bits per heavy atom. The fourth-order valence-electron chi connectivity index (χ4n) is 1.61. The lowest BCUT2D eigenvalue weighted by Crippen LogP contribution is -2.40. The van der Waals surface area contributed by atoms with Gasteiger partial charge in [-0.25, -0.2) is 0 Å². The Morgan fingerprint density at radius 1 is 1.10 bits per heavy atom. The van der Waals surface area contributed by atoms with Crippen molar-refractivity contribution in [1.82, 2.24) is 0 Å². The summed E-state index contributed by atoms with van der Waals surface area (Å²) >= 11 is 0. The van der Waals surface area contributed by atoms with Crippen molar-refractivity contribution in [2.24, 2.45) is 0 Å². The average Bonchev–Trinajstić information content (AvgIpc) is 2.26. The van der Waals surface area contributed by atoms with Gasteiger partial charge in [-0.3, -0.25) is 4.79 Å². The average molecular weight is 299 g/mol. The minimum absolute atomic E-state index is 0.271. The van der Waals surface area contributed by atoms with Crippen LogP contribution in [-0.4, -0.2) is 20.7 Å². The molecule has 0 aromatic heterocycles. The third-order valence-corrected chi connectivity index (χ3v) is 8.63. The topological polar surface area (TPSA) is 26.3 Å². The quantitative estimate of drug-likeness (QED) is 0.319. The number of ketones is 1. The van der Waals surface area contributed by atoms with E-state index in [-0.39, 0.29) is 5.04 Å². The normalized spacial score (nSPS) is 12.3. The van der Waals surface area contributed by atoms with Gasteiger partial charge < -0.3 is 4.43 Å². The Kier molecular flexibility index (Phi) is 8.60. The molecule has 0 aliphatic carbocycles. The van der Waals surface area contributed by atoms with E-state index in [9.17, 15) is 4.79 Å². The number of unbranched alkanes of at least 4 members (excludes halogenated alkanes) is 1. The molecule has 0 unspecified atom stereocenters. The lowest BCUT2D eigenvalue weighted by molar-refractivity contribution is -0.119. The minimum Gasteiger partial charge on any atom is -0.417 e. The van der Waals surface area contributed by atoms with E-state index < -0.39 is 8.32 Å². The highest BCUT2D eigenvalue weighted by Gasteiger charge is 2.36. The van der Waals surface area contributed by atoms with Crippen molar-refractivity contribution in [3.8, 4) is 0 Å². The van der Waals surface area contributed by atoms with Crippen molar-refractivity contribution in [2.45, 2.75) is 84.9 Å². The monoisotopic (exact) mass is 298 g/mol. The molecule has 0 aliphatic heterocycles. The van der Waals surface area contributed by atoms with Crippen LogP contribution in [0.3, 0.4) is 0 Å². The first kappa shape index (κ1) is 19.6. The van der Waals surface area contributed by atoms with Gasteiger partial charge in [0.1, 0.15) is 5.78 Å². The lowest BCUT2D eigenvalue weighted by Gasteiger charge is -2.36. The van der Waals surface area contributed by atoms with Crippen LogP contribution >= 0.6 is 0 Å². The number of hydrogen-bond acceptors (Lipinski definition) is 2. The summed E-state index contributed by atoms with van der Waals surface area (Å²) in [6.45, 7) is 16.3. The number of allylic oxidation sites excluding steroid dienone is 2. The second-order valence-corrected chi connectivity index (χ2v) is 12.2. The number of hydrogen-bond donors (Lipinski definition) is 0. The Morgan fingerprint density at radius 2 is 1.70 bits per heavy atom. The maximum Gasteiger partial charge on any atom is 0.191 e. The molecular formula is C17H34O2Si. The fourth-order valence-corrected chi connectivity index (χ4v) is 2.70. The van der Waals surface area contributed by atoms with E-state index in [0.29, 0.717) is 18.6 Å². The molecular weight excluding hydrogens is 264 g/mol. The van der Waals surface area contributed by atoms with Gasteiger partial charge in [0, 0.05) is 19.4 Å². The standard InChI is InChI=1S/C17H34O2Si/c1-15(2)11-10-13-16(18)12-8-9-14-19-20(6,7)17(3,4)5/h11H,8-10,12-14H2,1-7H3. The first-order valence-corrected chi connectivity index (χ1v) is 10.8. The van der Waals surface area contributed by atoms with Crippen LogP contribution in [0.25, 0.3) is 0 Å². The summed E-state index contributed by atoms with van der Waals surface area (Å²) in [4.78, 5) is 11.7. The Bertz CT molecular complexity index is 320. The van der Waals surface area contributed by atoms with Crippen LogP contribution in [0.4, 0.5) is 0 Å². The first-order valence-electron chi connectivity index (χ1n) is 7.85. The number of carbonyl (C=O) groups is 1. The molecule has 3 heteroatoms. The highest BCUT2D eigenvalue weighted by atomic mass is 28.4. The maximum atomic E-state index is 11.7. The predicted molar refractivity (Wildman–Crippen MR) is 90.7 cm³/mol. The number of Topliss-reactive ketones (excluding diaryl/α,β-unsaturated/α-hetero) is 1. The highest BCUT2D eigenvalue weighted by Crippen LogP contribution is 2.36. The van der Waals surface area contributed by atoms with Gasteiger partial charge in [0.15, 0.2) is 8.32 Å². The van der Waals surface area contributed by atoms with Gasteiger partial charge in [0.25, 0.3) is 0 Å². The first-order chi connectivity index (χ1) is 9.06. The smallest absolute Gasteiger partial charge is 0.191 e. The largest absolute Gasteiger partial charge is 0.417 e. The van der Waals surface area contributed by atoms with E-state index in [1.807, 2.05) is 0 Å². The molecule has 20 heavy (non-hydrogen) atoms. The summed E-state index contributed by atoms with van der Waals surface area (Å²) in [5, 5.41) is 0.271. The van der Waals surface area contributed by atoms with Crippen molar-refractivity contribution < 1.29 is 9.22 Å². The van der Waals surface area contributed by atoms with Crippen molar-refractivity contribution in [3.63, 3.8) is 0 Å². The molecule has 0 rings (SSSR count). The van der Waals surface area contributed by atoms with Crippen LogP contribution in [0.1, 0.15) is 66.7 Å². The van der Waals surface area contributed by atoms with Crippen LogP contribution in [0.15, 0.2) is 11.6 Å².